The summed E-state index contributed by atoms with van der Waals surface area (Å²) in [6, 6.07) is 0.964. The molecule has 1 aliphatic rings. The van der Waals surface area contributed by atoms with E-state index in [0.29, 0.717) is 19.6 Å². The number of nitrogens with one attached hydrogen (secondary N) is 2. The first kappa shape index (κ1) is 19.1. The molecule has 0 aromatic heterocycles. The third-order valence-electron chi connectivity index (χ3n) is 4.13. The molecule has 5 nitrogen and oxygen atoms in total. The second kappa shape index (κ2) is 8.22. The highest BCUT2D eigenvalue weighted by Gasteiger charge is 2.24. The van der Waals surface area contributed by atoms with E-state index >= 15 is 0 Å². The van der Waals surface area contributed by atoms with Gasteiger partial charge in [0.1, 0.15) is 0 Å². The minimum atomic E-state index is -1.57. The normalized spacial score (nSPS) is 17.5. The number of likely N-dealkylation sites (tertiary alicyclic amines) is 1. The molecule has 0 saturated carbocycles. The molecule has 25 heavy (non-hydrogen) atoms. The van der Waals surface area contributed by atoms with Crippen LogP contribution >= 0.6 is 0 Å². The van der Waals surface area contributed by atoms with Crippen LogP contribution in [0.2, 0.25) is 0 Å². The summed E-state index contributed by atoms with van der Waals surface area (Å²) in [5, 5.41) is 5.22. The molecule has 1 aromatic carbocycles. The number of carbonyl (C=O) groups is 2. The molecule has 3 amide bonds. The second-order valence-corrected chi connectivity index (χ2v) is 6.54. The van der Waals surface area contributed by atoms with Gasteiger partial charge in [0.05, 0.1) is 0 Å². The Morgan fingerprint density at radius 1 is 1.24 bits per heavy atom. The average Bonchev–Trinajstić information content (AvgIpc) is 2.57. The molecule has 0 bridgehead atoms. The van der Waals surface area contributed by atoms with Gasteiger partial charge in [-0.2, -0.15) is 0 Å². The number of hydrogen-bond donors (Lipinski definition) is 2. The van der Waals surface area contributed by atoms with Crippen molar-refractivity contribution in [2.45, 2.75) is 26.7 Å². The summed E-state index contributed by atoms with van der Waals surface area (Å²) < 4.78 is 39.4. The Kier molecular flexibility index (Phi) is 6.27. The molecule has 1 atom stereocenters. The smallest absolute Gasteiger partial charge is 0.321 e. The van der Waals surface area contributed by atoms with Crippen LogP contribution in [0.15, 0.2) is 12.1 Å². The summed E-state index contributed by atoms with van der Waals surface area (Å²) >= 11 is 0. The number of benzene rings is 1. The van der Waals surface area contributed by atoms with E-state index < -0.39 is 23.5 Å². The molecular weight excluding hydrogens is 335 g/mol. The fourth-order valence-electron chi connectivity index (χ4n) is 2.70. The first-order valence-electron chi connectivity index (χ1n) is 8.26. The maximum atomic E-state index is 13.2. The van der Waals surface area contributed by atoms with Crippen LogP contribution in [0.25, 0.3) is 0 Å². The SMILES string of the molecule is CC(C)C(=O)NCC1CCCN(C(=O)Nc2cc(F)c(F)c(F)c2)C1. The van der Waals surface area contributed by atoms with Gasteiger partial charge in [-0.05, 0) is 18.8 Å². The van der Waals surface area contributed by atoms with Crippen LogP contribution in [0.5, 0.6) is 0 Å². The minimum Gasteiger partial charge on any atom is -0.356 e. The van der Waals surface area contributed by atoms with E-state index in [1.165, 1.54) is 4.90 Å². The zero-order valence-electron chi connectivity index (χ0n) is 14.2. The van der Waals surface area contributed by atoms with Crippen molar-refractivity contribution in [3.63, 3.8) is 0 Å². The third-order valence-corrected chi connectivity index (χ3v) is 4.13. The van der Waals surface area contributed by atoms with Crippen LogP contribution in [0, 0.1) is 29.3 Å². The van der Waals surface area contributed by atoms with Crippen molar-refractivity contribution in [1.82, 2.24) is 10.2 Å². The van der Waals surface area contributed by atoms with Gasteiger partial charge in [0, 0.05) is 43.4 Å². The molecule has 0 spiro atoms. The van der Waals surface area contributed by atoms with Crippen molar-refractivity contribution < 1.29 is 22.8 Å². The maximum Gasteiger partial charge on any atom is 0.321 e. The highest BCUT2D eigenvalue weighted by Crippen LogP contribution is 2.20. The molecule has 1 fully saturated rings. The van der Waals surface area contributed by atoms with Gasteiger partial charge in [0.25, 0.3) is 0 Å². The first-order chi connectivity index (χ1) is 11.8. The van der Waals surface area contributed by atoms with Crippen molar-refractivity contribution in [3.8, 4) is 0 Å². The van der Waals surface area contributed by atoms with Crippen LogP contribution < -0.4 is 10.6 Å². The molecule has 1 heterocycles. The van der Waals surface area contributed by atoms with Crippen molar-refractivity contribution in [3.05, 3.63) is 29.6 Å². The van der Waals surface area contributed by atoms with Crippen molar-refractivity contribution in [2.75, 3.05) is 25.0 Å². The van der Waals surface area contributed by atoms with Gasteiger partial charge in [0.15, 0.2) is 17.5 Å². The summed E-state index contributed by atoms with van der Waals surface area (Å²) in [4.78, 5) is 25.4. The molecule has 1 saturated heterocycles. The monoisotopic (exact) mass is 357 g/mol. The van der Waals surface area contributed by atoms with Crippen LogP contribution in [0.4, 0.5) is 23.7 Å². The van der Waals surface area contributed by atoms with Crippen molar-refractivity contribution >= 4 is 17.6 Å². The van der Waals surface area contributed by atoms with E-state index in [1.54, 1.807) is 13.8 Å². The highest BCUT2D eigenvalue weighted by atomic mass is 19.2. The van der Waals surface area contributed by atoms with Gasteiger partial charge < -0.3 is 15.5 Å². The lowest BCUT2D eigenvalue weighted by molar-refractivity contribution is -0.124. The van der Waals surface area contributed by atoms with Gasteiger partial charge in [-0.25, -0.2) is 18.0 Å². The Labute approximate surface area is 144 Å². The number of urea groups is 1. The lowest BCUT2D eigenvalue weighted by Gasteiger charge is -2.33. The Bertz CT molecular complexity index is 629. The molecular formula is C17H22F3N3O2. The highest BCUT2D eigenvalue weighted by molar-refractivity contribution is 5.89. The van der Waals surface area contributed by atoms with E-state index in [4.69, 9.17) is 0 Å². The lowest BCUT2D eigenvalue weighted by Crippen LogP contribution is -2.45. The number of nitrogens with zero attached hydrogens (tertiary/aromatic N) is 1. The Hall–Kier alpha value is -2.25. The molecule has 2 N–H and O–H groups in total. The van der Waals surface area contributed by atoms with E-state index in [9.17, 15) is 22.8 Å². The summed E-state index contributed by atoms with van der Waals surface area (Å²) in [5.41, 5.74) is -0.142. The largest absolute Gasteiger partial charge is 0.356 e. The van der Waals surface area contributed by atoms with Gasteiger partial charge in [0.2, 0.25) is 5.91 Å². The van der Waals surface area contributed by atoms with Crippen LogP contribution in [-0.4, -0.2) is 36.5 Å². The standard InChI is InChI=1S/C17H22F3N3O2/c1-10(2)16(24)21-8-11-4-3-5-23(9-11)17(25)22-12-6-13(18)15(20)14(19)7-12/h6-7,10-11H,3-5,8-9H2,1-2H3,(H,21,24)(H,22,25). The van der Waals surface area contributed by atoms with E-state index in [-0.39, 0.29) is 23.4 Å². The Balaban J connectivity index is 1.92. The average molecular weight is 357 g/mol. The molecule has 2 rings (SSSR count). The molecule has 0 aliphatic carbocycles. The molecule has 1 aromatic rings. The van der Waals surface area contributed by atoms with Gasteiger partial charge >= 0.3 is 6.03 Å². The molecule has 8 heteroatoms. The number of amides is 3. The number of anilines is 1. The van der Waals surface area contributed by atoms with Crippen molar-refractivity contribution in [1.29, 1.82) is 0 Å². The predicted molar refractivity (Wildman–Crippen MR) is 87.5 cm³/mol. The fraction of sp³-hybridized carbons (Fsp3) is 0.529. The third kappa shape index (κ3) is 5.11. The second-order valence-electron chi connectivity index (χ2n) is 6.54. The topological polar surface area (TPSA) is 61.4 Å². The first-order valence-corrected chi connectivity index (χ1v) is 8.26. The number of rotatable bonds is 4. The maximum absolute atomic E-state index is 13.2. The number of piperidine rings is 1. The predicted octanol–water partition coefficient (Wildman–Crippen LogP) is 3.12. The molecule has 1 unspecified atom stereocenters. The molecule has 0 radical (unpaired) electrons. The van der Waals surface area contributed by atoms with Gasteiger partial charge in [-0.3, -0.25) is 4.79 Å². The van der Waals surface area contributed by atoms with Gasteiger partial charge in [-0.15, -0.1) is 0 Å². The summed E-state index contributed by atoms with van der Waals surface area (Å²) in [5.74, 6) is -4.32. The molecule has 1 aliphatic heterocycles. The zero-order valence-corrected chi connectivity index (χ0v) is 14.2. The minimum absolute atomic E-state index is 0.0427. The van der Waals surface area contributed by atoms with Crippen molar-refractivity contribution in [2.24, 2.45) is 11.8 Å². The number of halogens is 3. The van der Waals surface area contributed by atoms with Crippen LogP contribution in [-0.2, 0) is 4.79 Å². The summed E-state index contributed by atoms with van der Waals surface area (Å²) in [7, 11) is 0. The lowest BCUT2D eigenvalue weighted by atomic mass is 9.98. The van der Waals surface area contributed by atoms with Crippen LogP contribution in [0.1, 0.15) is 26.7 Å². The van der Waals surface area contributed by atoms with E-state index in [2.05, 4.69) is 10.6 Å². The number of hydrogen-bond acceptors (Lipinski definition) is 2. The van der Waals surface area contributed by atoms with Gasteiger partial charge in [-0.1, -0.05) is 13.8 Å². The van der Waals surface area contributed by atoms with E-state index in [1.807, 2.05) is 0 Å². The summed E-state index contributed by atoms with van der Waals surface area (Å²) in [6.45, 7) is 5.01. The quantitative estimate of drug-likeness (QED) is 0.814. The fourth-order valence-corrected chi connectivity index (χ4v) is 2.70. The summed E-state index contributed by atoms with van der Waals surface area (Å²) in [6.07, 6.45) is 1.64. The number of carbonyl (C=O) groups excluding carboxylic acids is 2. The van der Waals surface area contributed by atoms with E-state index in [0.717, 1.165) is 25.0 Å². The zero-order chi connectivity index (χ0) is 18.6. The Morgan fingerprint density at radius 2 is 1.88 bits per heavy atom. The Morgan fingerprint density at radius 3 is 2.48 bits per heavy atom. The molecule has 138 valence electrons. The van der Waals surface area contributed by atoms with Crippen LogP contribution in [0.3, 0.4) is 0 Å².